The second-order valence-corrected chi connectivity index (χ2v) is 5.32. The van der Waals surface area contributed by atoms with E-state index in [2.05, 4.69) is 4.98 Å². The van der Waals surface area contributed by atoms with Crippen molar-refractivity contribution in [3.8, 4) is 0 Å². The van der Waals surface area contributed by atoms with Gasteiger partial charge in [0.15, 0.2) is 0 Å². The van der Waals surface area contributed by atoms with E-state index in [-0.39, 0.29) is 17.8 Å². The van der Waals surface area contributed by atoms with Crippen molar-refractivity contribution in [2.75, 3.05) is 19.7 Å². The molecule has 1 fully saturated rings. The minimum Gasteiger partial charge on any atom is -0.374 e. The van der Waals surface area contributed by atoms with Gasteiger partial charge in [-0.3, -0.25) is 9.78 Å². The Kier molecular flexibility index (Phi) is 4.44. The molecule has 2 heterocycles. The summed E-state index contributed by atoms with van der Waals surface area (Å²) in [6.45, 7) is 1.62. The zero-order chi connectivity index (χ0) is 15.4. The Morgan fingerprint density at radius 1 is 1.32 bits per heavy atom. The van der Waals surface area contributed by atoms with E-state index in [1.807, 2.05) is 0 Å². The van der Waals surface area contributed by atoms with Crippen LogP contribution < -0.4 is 0 Å². The van der Waals surface area contributed by atoms with Crippen LogP contribution in [0.2, 0.25) is 0 Å². The van der Waals surface area contributed by atoms with Crippen LogP contribution >= 0.6 is 0 Å². The van der Waals surface area contributed by atoms with Crippen LogP contribution in [0.25, 0.3) is 0 Å². The van der Waals surface area contributed by atoms with E-state index in [0.717, 1.165) is 5.56 Å². The van der Waals surface area contributed by atoms with Crippen molar-refractivity contribution in [3.63, 3.8) is 0 Å². The molecule has 0 radical (unpaired) electrons. The summed E-state index contributed by atoms with van der Waals surface area (Å²) in [6, 6.07) is 9.90. The fourth-order valence-corrected chi connectivity index (χ4v) is 2.58. The average molecular weight is 300 g/mol. The summed E-state index contributed by atoms with van der Waals surface area (Å²) < 4.78 is 18.7. The number of morpholine rings is 1. The van der Waals surface area contributed by atoms with Crippen molar-refractivity contribution in [1.82, 2.24) is 9.88 Å². The number of carbonyl (C=O) groups is 1. The number of nitrogens with zero attached hydrogens (tertiary/aromatic N) is 2. The van der Waals surface area contributed by atoms with Crippen LogP contribution in [-0.2, 0) is 11.2 Å². The van der Waals surface area contributed by atoms with Crippen molar-refractivity contribution >= 4 is 5.91 Å². The predicted molar refractivity (Wildman–Crippen MR) is 80.0 cm³/mol. The van der Waals surface area contributed by atoms with Gasteiger partial charge in [-0.1, -0.05) is 12.1 Å². The number of hydrogen-bond acceptors (Lipinski definition) is 3. The van der Waals surface area contributed by atoms with Crippen LogP contribution in [0.3, 0.4) is 0 Å². The largest absolute Gasteiger partial charge is 0.374 e. The highest BCUT2D eigenvalue weighted by Gasteiger charge is 2.25. The lowest BCUT2D eigenvalue weighted by Gasteiger charge is -2.33. The smallest absolute Gasteiger partial charge is 0.255 e. The topological polar surface area (TPSA) is 42.4 Å². The van der Waals surface area contributed by atoms with Crippen molar-refractivity contribution in [3.05, 3.63) is 65.7 Å². The van der Waals surface area contributed by atoms with E-state index >= 15 is 0 Å². The van der Waals surface area contributed by atoms with Crippen molar-refractivity contribution in [1.29, 1.82) is 0 Å². The first-order valence-corrected chi connectivity index (χ1v) is 7.28. The summed E-state index contributed by atoms with van der Waals surface area (Å²) in [5, 5.41) is 0. The van der Waals surface area contributed by atoms with Crippen LogP contribution in [0, 0.1) is 5.82 Å². The average Bonchev–Trinajstić information content (AvgIpc) is 2.57. The van der Waals surface area contributed by atoms with Gasteiger partial charge in [0, 0.05) is 31.9 Å². The summed E-state index contributed by atoms with van der Waals surface area (Å²) in [5.41, 5.74) is 1.59. The van der Waals surface area contributed by atoms with Crippen molar-refractivity contribution in [2.24, 2.45) is 0 Å². The molecule has 3 rings (SSSR count). The Balaban J connectivity index is 1.64. The molecule has 1 aromatic carbocycles. The maximum absolute atomic E-state index is 12.9. The molecule has 1 unspecified atom stereocenters. The number of rotatable bonds is 3. The summed E-state index contributed by atoms with van der Waals surface area (Å²) in [5.74, 6) is -0.276. The number of pyridine rings is 1. The molecule has 2 aromatic rings. The third-order valence-electron chi connectivity index (χ3n) is 3.71. The number of carbonyl (C=O) groups excluding carboxylic acids is 1. The van der Waals surface area contributed by atoms with E-state index in [4.69, 9.17) is 4.74 Å². The Labute approximate surface area is 128 Å². The van der Waals surface area contributed by atoms with Gasteiger partial charge in [0.25, 0.3) is 5.91 Å². The van der Waals surface area contributed by atoms with E-state index in [1.165, 1.54) is 12.1 Å². The standard InChI is InChI=1S/C17H17FN2O2/c18-15-5-3-13(4-6-15)10-16-12-20(8-9-22-16)17(21)14-2-1-7-19-11-14/h1-7,11,16H,8-10,12H2. The lowest BCUT2D eigenvalue weighted by molar-refractivity contribution is -0.0208. The highest BCUT2D eigenvalue weighted by Crippen LogP contribution is 2.14. The molecule has 0 saturated carbocycles. The van der Waals surface area contributed by atoms with Gasteiger partial charge in [-0.25, -0.2) is 4.39 Å². The van der Waals surface area contributed by atoms with Crippen LogP contribution in [0.1, 0.15) is 15.9 Å². The van der Waals surface area contributed by atoms with Gasteiger partial charge in [0.1, 0.15) is 5.82 Å². The lowest BCUT2D eigenvalue weighted by atomic mass is 10.1. The van der Waals surface area contributed by atoms with Crippen LogP contribution in [0.4, 0.5) is 4.39 Å². The number of amides is 1. The fourth-order valence-electron chi connectivity index (χ4n) is 2.58. The van der Waals surface area contributed by atoms with Gasteiger partial charge < -0.3 is 9.64 Å². The molecule has 0 aliphatic carbocycles. The Morgan fingerprint density at radius 2 is 2.14 bits per heavy atom. The molecule has 1 aliphatic rings. The first-order chi connectivity index (χ1) is 10.7. The molecule has 0 spiro atoms. The van der Waals surface area contributed by atoms with E-state index < -0.39 is 0 Å². The second kappa shape index (κ2) is 6.66. The van der Waals surface area contributed by atoms with Crippen LogP contribution in [-0.4, -0.2) is 41.6 Å². The number of ether oxygens (including phenoxy) is 1. The summed E-state index contributed by atoms with van der Waals surface area (Å²) >= 11 is 0. The first kappa shape index (κ1) is 14.7. The zero-order valence-electron chi connectivity index (χ0n) is 12.1. The predicted octanol–water partition coefficient (Wildman–Crippen LogP) is 2.30. The molecule has 4 nitrogen and oxygen atoms in total. The SMILES string of the molecule is O=C(c1cccnc1)N1CCOC(Cc2ccc(F)cc2)C1. The Morgan fingerprint density at radius 3 is 2.86 bits per heavy atom. The Bertz CT molecular complexity index is 631. The van der Waals surface area contributed by atoms with Gasteiger partial charge >= 0.3 is 0 Å². The van der Waals surface area contributed by atoms with Crippen LogP contribution in [0.5, 0.6) is 0 Å². The maximum Gasteiger partial charge on any atom is 0.255 e. The second-order valence-electron chi connectivity index (χ2n) is 5.32. The molecular weight excluding hydrogens is 283 g/mol. The maximum atomic E-state index is 12.9. The zero-order valence-corrected chi connectivity index (χ0v) is 12.1. The normalized spacial score (nSPS) is 18.2. The fraction of sp³-hybridized carbons (Fsp3) is 0.294. The highest BCUT2D eigenvalue weighted by atomic mass is 19.1. The van der Waals surface area contributed by atoms with Gasteiger partial charge in [-0.15, -0.1) is 0 Å². The van der Waals surface area contributed by atoms with Gasteiger partial charge in [0.05, 0.1) is 18.3 Å². The third kappa shape index (κ3) is 3.49. The molecule has 0 bridgehead atoms. The minimum atomic E-state index is -0.248. The van der Waals surface area contributed by atoms with E-state index in [1.54, 1.807) is 41.6 Å². The molecule has 22 heavy (non-hydrogen) atoms. The quantitative estimate of drug-likeness (QED) is 0.873. The van der Waals surface area contributed by atoms with Crippen LogP contribution in [0.15, 0.2) is 48.8 Å². The lowest BCUT2D eigenvalue weighted by Crippen LogP contribution is -2.46. The molecule has 1 saturated heterocycles. The molecule has 5 heteroatoms. The highest BCUT2D eigenvalue weighted by molar-refractivity contribution is 5.93. The number of halogens is 1. The van der Waals surface area contributed by atoms with E-state index in [9.17, 15) is 9.18 Å². The first-order valence-electron chi connectivity index (χ1n) is 7.28. The van der Waals surface area contributed by atoms with Crippen molar-refractivity contribution in [2.45, 2.75) is 12.5 Å². The summed E-state index contributed by atoms with van der Waals surface area (Å²) in [6.07, 6.45) is 3.82. The molecule has 0 N–H and O–H groups in total. The Hall–Kier alpha value is -2.27. The number of aromatic nitrogens is 1. The van der Waals surface area contributed by atoms with Gasteiger partial charge in [-0.2, -0.15) is 0 Å². The monoisotopic (exact) mass is 300 g/mol. The third-order valence-corrected chi connectivity index (χ3v) is 3.71. The number of benzene rings is 1. The molecule has 1 amide bonds. The number of hydrogen-bond donors (Lipinski definition) is 0. The minimum absolute atomic E-state index is 0.0273. The molecule has 1 atom stereocenters. The van der Waals surface area contributed by atoms with Gasteiger partial charge in [-0.05, 0) is 29.8 Å². The van der Waals surface area contributed by atoms with Gasteiger partial charge in [0.2, 0.25) is 0 Å². The molecule has 1 aliphatic heterocycles. The molecular formula is C17H17FN2O2. The molecule has 114 valence electrons. The van der Waals surface area contributed by atoms with Crippen molar-refractivity contribution < 1.29 is 13.9 Å². The summed E-state index contributed by atoms with van der Waals surface area (Å²) in [7, 11) is 0. The summed E-state index contributed by atoms with van der Waals surface area (Å²) in [4.78, 5) is 18.2. The molecule has 1 aromatic heterocycles. The van der Waals surface area contributed by atoms with E-state index in [0.29, 0.717) is 31.7 Å².